The molecule has 0 saturated heterocycles. The molecule has 1 N–H and O–H groups in total. The monoisotopic (exact) mass is 245 g/mol. The van der Waals surface area contributed by atoms with E-state index in [4.69, 9.17) is 27.9 Å². The number of rotatable bonds is 1. The molecule has 0 amide bonds. The Kier molecular flexibility index (Phi) is 3.10. The summed E-state index contributed by atoms with van der Waals surface area (Å²) in [4.78, 5) is 0. The van der Waals surface area contributed by atoms with Crippen molar-refractivity contribution in [3.8, 4) is 5.75 Å². The highest BCUT2D eigenvalue weighted by atomic mass is 35.5. The summed E-state index contributed by atoms with van der Waals surface area (Å²) in [5.41, 5.74) is 1.09. The van der Waals surface area contributed by atoms with Gasteiger partial charge in [-0.2, -0.15) is 0 Å². The van der Waals surface area contributed by atoms with E-state index >= 15 is 0 Å². The van der Waals surface area contributed by atoms with E-state index < -0.39 is 0 Å². The zero-order chi connectivity index (χ0) is 11.0. The average Bonchev–Trinajstić information content (AvgIpc) is 2.23. The second-order valence-electron chi connectivity index (χ2n) is 3.79. The van der Waals surface area contributed by atoms with E-state index in [2.05, 4.69) is 5.32 Å². The number of nitrogens with one attached hydrogen (secondary N) is 1. The van der Waals surface area contributed by atoms with Crippen LogP contribution in [0, 0.1) is 0 Å². The highest BCUT2D eigenvalue weighted by Gasteiger charge is 2.27. The van der Waals surface area contributed by atoms with Gasteiger partial charge >= 0.3 is 0 Å². The van der Waals surface area contributed by atoms with Crippen LogP contribution in [0.3, 0.4) is 0 Å². The largest absolute Gasteiger partial charge is 0.489 e. The molecule has 4 heteroatoms. The molecule has 2 unspecified atom stereocenters. The predicted molar refractivity (Wildman–Crippen MR) is 63.0 cm³/mol. The van der Waals surface area contributed by atoms with Crippen molar-refractivity contribution >= 4 is 23.2 Å². The molecule has 1 aliphatic rings. The van der Waals surface area contributed by atoms with Gasteiger partial charge in [0.05, 0.1) is 11.1 Å². The first-order valence-electron chi connectivity index (χ1n) is 4.95. The third-order valence-corrected chi connectivity index (χ3v) is 3.48. The third kappa shape index (κ3) is 1.94. The van der Waals surface area contributed by atoms with Crippen LogP contribution in [0.4, 0.5) is 0 Å². The maximum absolute atomic E-state index is 6.11. The SMILES string of the molecule is CNC1CC(C)Oc2c1ccc(Cl)c2Cl. The van der Waals surface area contributed by atoms with Crippen molar-refractivity contribution in [1.29, 1.82) is 0 Å². The summed E-state index contributed by atoms with van der Waals surface area (Å²) in [6, 6.07) is 4.07. The Morgan fingerprint density at radius 2 is 2.13 bits per heavy atom. The first-order chi connectivity index (χ1) is 7.13. The molecule has 1 aromatic carbocycles. The minimum Gasteiger partial charge on any atom is -0.489 e. The zero-order valence-electron chi connectivity index (χ0n) is 8.68. The van der Waals surface area contributed by atoms with Crippen LogP contribution >= 0.6 is 23.2 Å². The lowest BCUT2D eigenvalue weighted by Crippen LogP contribution is -2.29. The summed E-state index contributed by atoms with van der Waals surface area (Å²) >= 11 is 12.1. The maximum atomic E-state index is 6.11. The van der Waals surface area contributed by atoms with Gasteiger partial charge in [-0.1, -0.05) is 29.3 Å². The van der Waals surface area contributed by atoms with Crippen LogP contribution in [0.25, 0.3) is 0 Å². The molecule has 0 radical (unpaired) electrons. The lowest BCUT2D eigenvalue weighted by molar-refractivity contribution is 0.169. The number of benzene rings is 1. The fraction of sp³-hybridized carbons (Fsp3) is 0.455. The van der Waals surface area contributed by atoms with Crippen LogP contribution in [0.15, 0.2) is 12.1 Å². The van der Waals surface area contributed by atoms with E-state index in [1.54, 1.807) is 0 Å². The molecular weight excluding hydrogens is 233 g/mol. The smallest absolute Gasteiger partial charge is 0.144 e. The van der Waals surface area contributed by atoms with Gasteiger partial charge in [-0.3, -0.25) is 0 Å². The van der Waals surface area contributed by atoms with E-state index in [1.165, 1.54) is 0 Å². The molecule has 0 bridgehead atoms. The molecule has 82 valence electrons. The van der Waals surface area contributed by atoms with E-state index in [0.717, 1.165) is 17.7 Å². The number of ether oxygens (including phenoxy) is 1. The number of hydrogen-bond donors (Lipinski definition) is 1. The van der Waals surface area contributed by atoms with Gasteiger partial charge in [0.1, 0.15) is 10.8 Å². The van der Waals surface area contributed by atoms with Crippen LogP contribution in [-0.4, -0.2) is 13.2 Å². The molecule has 0 aliphatic carbocycles. The first kappa shape index (κ1) is 11.1. The van der Waals surface area contributed by atoms with Gasteiger partial charge in [-0.05, 0) is 20.0 Å². The second-order valence-corrected chi connectivity index (χ2v) is 4.57. The summed E-state index contributed by atoms with van der Waals surface area (Å²) in [5, 5.41) is 4.31. The van der Waals surface area contributed by atoms with Gasteiger partial charge in [-0.25, -0.2) is 0 Å². The Bertz CT molecular complexity index is 381. The Labute approximate surface area is 99.5 Å². The quantitative estimate of drug-likeness (QED) is 0.819. The Balaban J connectivity index is 2.51. The topological polar surface area (TPSA) is 21.3 Å². The van der Waals surface area contributed by atoms with Crippen molar-refractivity contribution < 1.29 is 4.74 Å². The Hall–Kier alpha value is -0.440. The van der Waals surface area contributed by atoms with E-state index in [-0.39, 0.29) is 6.10 Å². The third-order valence-electron chi connectivity index (χ3n) is 2.69. The van der Waals surface area contributed by atoms with E-state index in [1.807, 2.05) is 26.1 Å². The summed E-state index contributed by atoms with van der Waals surface area (Å²) in [6.07, 6.45) is 1.10. The molecule has 1 aliphatic heterocycles. The molecule has 0 spiro atoms. The second kappa shape index (κ2) is 4.20. The standard InChI is InChI=1S/C11H13Cl2NO/c1-6-5-9(14-2)7-3-4-8(12)10(13)11(7)15-6/h3-4,6,9,14H,5H2,1-2H3. The van der Waals surface area contributed by atoms with Crippen molar-refractivity contribution in [3.63, 3.8) is 0 Å². The molecule has 15 heavy (non-hydrogen) atoms. The van der Waals surface area contributed by atoms with E-state index in [0.29, 0.717) is 16.1 Å². The van der Waals surface area contributed by atoms with Crippen molar-refractivity contribution in [2.45, 2.75) is 25.5 Å². The molecule has 0 aromatic heterocycles. The van der Waals surface area contributed by atoms with Crippen molar-refractivity contribution in [1.82, 2.24) is 5.32 Å². The summed E-state index contributed by atoms with van der Waals surface area (Å²) in [5.74, 6) is 0.724. The minimum absolute atomic E-state index is 0.158. The molecule has 1 heterocycles. The zero-order valence-corrected chi connectivity index (χ0v) is 10.2. The van der Waals surface area contributed by atoms with Crippen molar-refractivity contribution in [2.24, 2.45) is 0 Å². The summed E-state index contributed by atoms with van der Waals surface area (Å²) in [6.45, 7) is 2.03. The number of hydrogen-bond acceptors (Lipinski definition) is 2. The van der Waals surface area contributed by atoms with Crippen LogP contribution in [0.1, 0.15) is 24.9 Å². The van der Waals surface area contributed by atoms with Gasteiger partial charge in [0.2, 0.25) is 0 Å². The summed E-state index contributed by atoms with van der Waals surface area (Å²) in [7, 11) is 1.94. The molecular formula is C11H13Cl2NO. The van der Waals surface area contributed by atoms with Crippen LogP contribution in [0.5, 0.6) is 5.75 Å². The van der Waals surface area contributed by atoms with Crippen molar-refractivity contribution in [3.05, 3.63) is 27.7 Å². The van der Waals surface area contributed by atoms with Gasteiger partial charge in [0.25, 0.3) is 0 Å². The van der Waals surface area contributed by atoms with Gasteiger partial charge in [-0.15, -0.1) is 0 Å². The van der Waals surface area contributed by atoms with Crippen LogP contribution < -0.4 is 10.1 Å². The highest BCUT2D eigenvalue weighted by Crippen LogP contribution is 2.42. The fourth-order valence-corrected chi connectivity index (χ4v) is 2.29. The normalized spacial score (nSPS) is 24.5. The lowest BCUT2D eigenvalue weighted by atomic mass is 9.97. The first-order valence-corrected chi connectivity index (χ1v) is 5.71. The Morgan fingerprint density at radius 3 is 2.80 bits per heavy atom. The summed E-state index contributed by atoms with van der Waals surface area (Å²) < 4.78 is 5.72. The average molecular weight is 246 g/mol. The lowest BCUT2D eigenvalue weighted by Gasteiger charge is -2.31. The molecule has 0 saturated carbocycles. The molecule has 0 fully saturated rings. The Morgan fingerprint density at radius 1 is 1.40 bits per heavy atom. The number of fused-ring (bicyclic) bond motifs is 1. The molecule has 1 aromatic rings. The van der Waals surface area contributed by atoms with Crippen LogP contribution in [-0.2, 0) is 0 Å². The van der Waals surface area contributed by atoms with Gasteiger partial charge in [0, 0.05) is 18.0 Å². The maximum Gasteiger partial charge on any atom is 0.144 e. The number of halogens is 2. The van der Waals surface area contributed by atoms with E-state index in [9.17, 15) is 0 Å². The highest BCUT2D eigenvalue weighted by molar-refractivity contribution is 6.43. The minimum atomic E-state index is 0.158. The molecule has 2 atom stereocenters. The van der Waals surface area contributed by atoms with Crippen LogP contribution in [0.2, 0.25) is 10.0 Å². The molecule has 2 nitrogen and oxygen atoms in total. The van der Waals surface area contributed by atoms with Gasteiger partial charge < -0.3 is 10.1 Å². The predicted octanol–water partition coefficient (Wildman–Crippen LogP) is 3.42. The van der Waals surface area contributed by atoms with Crippen molar-refractivity contribution in [2.75, 3.05) is 7.05 Å². The molecule has 2 rings (SSSR count). The van der Waals surface area contributed by atoms with Gasteiger partial charge in [0.15, 0.2) is 0 Å². The fourth-order valence-electron chi connectivity index (χ4n) is 1.92.